The van der Waals surface area contributed by atoms with Crippen molar-refractivity contribution in [2.75, 3.05) is 0 Å². The Kier molecular flexibility index (Phi) is 23.0. The van der Waals surface area contributed by atoms with Crippen molar-refractivity contribution < 1.29 is 30.2 Å². The number of carbonyl (C=O) groups is 1. The van der Waals surface area contributed by atoms with E-state index in [4.69, 9.17) is 10.4 Å². The van der Waals surface area contributed by atoms with Crippen LogP contribution < -0.4 is 18.9 Å². The van der Waals surface area contributed by atoms with E-state index >= 15 is 0 Å². The first kappa shape index (κ1) is 18.3. The van der Waals surface area contributed by atoms with Gasteiger partial charge in [0.1, 0.15) is 0 Å². The van der Waals surface area contributed by atoms with Gasteiger partial charge in [-0.15, -0.1) is 0 Å². The minimum Gasteiger partial charge on any atom is -1.00 e. The molecule has 3 nitrogen and oxygen atoms in total. The maximum absolute atomic E-state index is 9.25. The molecule has 0 heterocycles. The molecule has 0 rings (SSSR count). The third-order valence-corrected chi connectivity index (χ3v) is 0.704. The maximum Gasteiger partial charge on any atom is 1.00 e. The summed E-state index contributed by atoms with van der Waals surface area (Å²) in [5.74, 6) is -0.981. The fraction of sp³-hybridized carbons (Fsp3) is 0. The number of rotatable bonds is 3. The molecule has 0 saturated heterocycles. The molecule has 0 bridgehead atoms. The summed E-state index contributed by atoms with van der Waals surface area (Å²) in [6.07, 6.45) is 9.05. The quantitative estimate of drug-likeness (QED) is 0.270. The fourth-order valence-corrected chi connectivity index (χ4v) is 0.241. The molecule has 0 fully saturated rings. The van der Waals surface area contributed by atoms with Gasteiger partial charge in [-0.3, -0.25) is 0 Å². The van der Waals surface area contributed by atoms with Crippen LogP contribution in [0.2, 0.25) is 0 Å². The molecule has 0 aliphatic heterocycles. The zero-order valence-electron chi connectivity index (χ0n) is 9.18. The maximum atomic E-state index is 9.25. The van der Waals surface area contributed by atoms with Crippen molar-refractivity contribution in [1.29, 1.82) is 5.26 Å². The van der Waals surface area contributed by atoms with Crippen LogP contribution in [0.25, 0.3) is 0 Å². The van der Waals surface area contributed by atoms with Crippen LogP contribution >= 0.6 is 0 Å². The summed E-state index contributed by atoms with van der Waals surface area (Å²) in [5.41, 5.74) is 0. The van der Waals surface area contributed by atoms with Gasteiger partial charge in [0.2, 0.25) is 0 Å². The Morgan fingerprint density at radius 1 is 1.36 bits per heavy atom. The molecule has 0 atom stereocenters. The van der Waals surface area contributed by atoms with Crippen molar-refractivity contribution in [1.82, 2.24) is 0 Å². The van der Waals surface area contributed by atoms with Crippen LogP contribution in [-0.4, -0.2) is 11.1 Å². The average Bonchev–Trinajstić information content (AvgIpc) is 2.14. The largest absolute Gasteiger partial charge is 1.00 e. The van der Waals surface area contributed by atoms with Gasteiger partial charge < -0.3 is 6.53 Å². The second kappa shape index (κ2) is 17.6. The molecule has 1 N–H and O–H groups in total. The molecule has 70 valence electrons. The van der Waals surface area contributed by atoms with Crippen molar-refractivity contribution in [2.45, 2.75) is 0 Å². The third kappa shape index (κ3) is 31.3. The number of allylic oxidation sites excluding steroid dienone is 5. The minimum absolute atomic E-state index is 0. The first-order chi connectivity index (χ1) is 6.18. The summed E-state index contributed by atoms with van der Waals surface area (Å²) < 4.78 is 0. The molecule has 0 aromatic heterocycles. The zero-order valence-corrected chi connectivity index (χ0v) is 8.18. The van der Waals surface area contributed by atoms with Crippen molar-refractivity contribution in [3.8, 4) is 6.07 Å². The van der Waals surface area contributed by atoms with Gasteiger partial charge in [0.15, 0.2) is 0 Å². The second-order valence-corrected chi connectivity index (χ2v) is 1.65. The van der Waals surface area contributed by atoms with Crippen molar-refractivity contribution in [2.24, 2.45) is 0 Å². The number of aliphatic carboxylic acids is 1. The molecule has 4 heteroatoms. The number of nitriles is 1. The van der Waals surface area contributed by atoms with Gasteiger partial charge in [0.25, 0.3) is 0 Å². The van der Waals surface area contributed by atoms with Gasteiger partial charge in [-0.05, 0) is 0 Å². The SMILES string of the molecule is C=CC(=O)O.C=CC=CC=CC#N.[H-].[Li+]. The molecule has 0 unspecified atom stereocenters. The zero-order chi connectivity index (χ0) is 10.5. The van der Waals surface area contributed by atoms with E-state index < -0.39 is 5.97 Å². The fourth-order valence-electron chi connectivity index (χ4n) is 0.241. The Bertz CT molecular complexity index is 267. The normalized spacial score (nSPS) is 7.93. The Labute approximate surface area is 97.4 Å². The van der Waals surface area contributed by atoms with Crippen LogP contribution in [0.1, 0.15) is 1.43 Å². The molecular formula is C10H12LiNO2. The van der Waals surface area contributed by atoms with E-state index in [2.05, 4.69) is 13.2 Å². The van der Waals surface area contributed by atoms with Crippen molar-refractivity contribution in [3.05, 3.63) is 49.6 Å². The summed E-state index contributed by atoms with van der Waals surface area (Å²) in [6.45, 7) is 6.42. The van der Waals surface area contributed by atoms with E-state index in [-0.39, 0.29) is 20.3 Å². The van der Waals surface area contributed by atoms with Gasteiger partial charge in [0.05, 0.1) is 6.07 Å². The smallest absolute Gasteiger partial charge is 1.00 e. The standard InChI is InChI=1S/C7H7N.C3H4O2.Li.H/c1-2-3-4-5-6-7-8;1-2-3(4)5;;/h2-6H,1H2;2H,1H2,(H,4,5);;/q;;+1;-1. The predicted octanol–water partition coefficient (Wildman–Crippen LogP) is -0.818. The van der Waals surface area contributed by atoms with Crippen LogP contribution in [0.15, 0.2) is 49.6 Å². The van der Waals surface area contributed by atoms with E-state index in [1.54, 1.807) is 24.3 Å². The molecule has 0 aromatic rings. The third-order valence-electron chi connectivity index (χ3n) is 0.704. The Balaban J connectivity index is -0.0000000770. The number of nitrogens with zero attached hydrogens (tertiary/aromatic N) is 1. The van der Waals surface area contributed by atoms with Crippen molar-refractivity contribution in [3.63, 3.8) is 0 Å². The van der Waals surface area contributed by atoms with E-state index in [0.29, 0.717) is 0 Å². The number of hydrogen-bond acceptors (Lipinski definition) is 2. The van der Waals surface area contributed by atoms with Gasteiger partial charge in [-0.25, -0.2) is 4.79 Å². The van der Waals surface area contributed by atoms with Crippen LogP contribution in [0.5, 0.6) is 0 Å². The van der Waals surface area contributed by atoms with Gasteiger partial charge in [-0.1, -0.05) is 37.5 Å². The van der Waals surface area contributed by atoms with Crippen LogP contribution in [0.4, 0.5) is 0 Å². The molecule has 0 aliphatic rings. The van der Waals surface area contributed by atoms with E-state index in [9.17, 15) is 4.79 Å². The summed E-state index contributed by atoms with van der Waals surface area (Å²) in [7, 11) is 0. The summed E-state index contributed by atoms with van der Waals surface area (Å²) >= 11 is 0. The monoisotopic (exact) mass is 185 g/mol. The van der Waals surface area contributed by atoms with Crippen LogP contribution in [0.3, 0.4) is 0 Å². The Hall–Kier alpha value is -1.48. The molecule has 0 saturated carbocycles. The molecular weight excluding hydrogens is 173 g/mol. The van der Waals surface area contributed by atoms with Crippen molar-refractivity contribution >= 4 is 5.97 Å². The number of carboxylic acid groups (broad SMARTS) is 1. The molecule has 0 aromatic carbocycles. The second-order valence-electron chi connectivity index (χ2n) is 1.65. The Morgan fingerprint density at radius 2 is 1.86 bits per heavy atom. The Morgan fingerprint density at radius 3 is 2.14 bits per heavy atom. The topological polar surface area (TPSA) is 61.1 Å². The average molecular weight is 185 g/mol. The van der Waals surface area contributed by atoms with E-state index in [1.165, 1.54) is 6.08 Å². The first-order valence-corrected chi connectivity index (χ1v) is 3.38. The molecule has 0 spiro atoms. The predicted molar refractivity (Wildman–Crippen MR) is 53.0 cm³/mol. The van der Waals surface area contributed by atoms with Gasteiger partial charge in [0, 0.05) is 12.2 Å². The minimum atomic E-state index is -0.981. The summed E-state index contributed by atoms with van der Waals surface area (Å²) in [5, 5.41) is 15.6. The number of hydrogen-bond donors (Lipinski definition) is 1. The van der Waals surface area contributed by atoms with Gasteiger partial charge in [-0.2, -0.15) is 5.26 Å². The van der Waals surface area contributed by atoms with Crippen LogP contribution in [-0.2, 0) is 4.79 Å². The van der Waals surface area contributed by atoms with Crippen LogP contribution in [0, 0.1) is 11.3 Å². The number of carboxylic acids is 1. The first-order valence-electron chi connectivity index (χ1n) is 3.38. The van der Waals surface area contributed by atoms with E-state index in [1.807, 2.05) is 6.07 Å². The molecule has 0 amide bonds. The molecule has 14 heavy (non-hydrogen) atoms. The molecule has 0 radical (unpaired) electrons. The summed E-state index contributed by atoms with van der Waals surface area (Å²) in [4.78, 5) is 9.25. The van der Waals surface area contributed by atoms with E-state index in [0.717, 1.165) is 6.08 Å². The summed E-state index contributed by atoms with van der Waals surface area (Å²) in [6, 6.07) is 1.86. The van der Waals surface area contributed by atoms with Gasteiger partial charge >= 0.3 is 24.8 Å². The molecule has 0 aliphatic carbocycles.